The van der Waals surface area contributed by atoms with Crippen molar-refractivity contribution in [2.45, 2.75) is 31.7 Å². The van der Waals surface area contributed by atoms with E-state index in [-0.39, 0.29) is 41.9 Å². The van der Waals surface area contributed by atoms with Gasteiger partial charge in [0.25, 0.3) is 5.91 Å². The molecule has 2 aromatic carbocycles. The van der Waals surface area contributed by atoms with Gasteiger partial charge in [-0.25, -0.2) is 9.59 Å². The molecule has 2 bridgehead atoms. The maximum atomic E-state index is 13.4. The van der Waals surface area contributed by atoms with Crippen LogP contribution in [0.4, 0.5) is 5.69 Å². The first-order valence-electron chi connectivity index (χ1n) is 12.4. The van der Waals surface area contributed by atoms with Crippen LogP contribution in [0.2, 0.25) is 0 Å². The van der Waals surface area contributed by atoms with Gasteiger partial charge < -0.3 is 14.8 Å². The van der Waals surface area contributed by atoms with E-state index in [0.717, 1.165) is 29.7 Å². The summed E-state index contributed by atoms with van der Waals surface area (Å²) in [6.07, 6.45) is 2.89. The van der Waals surface area contributed by atoms with Crippen molar-refractivity contribution in [2.75, 3.05) is 19.0 Å². The lowest BCUT2D eigenvalue weighted by Gasteiger charge is -2.26. The van der Waals surface area contributed by atoms with E-state index in [1.54, 1.807) is 0 Å². The lowest BCUT2D eigenvalue weighted by molar-refractivity contribution is -0.160. The number of hydrogen-bond acceptors (Lipinski definition) is 7. The summed E-state index contributed by atoms with van der Waals surface area (Å²) in [5, 5.41) is 2.59. The van der Waals surface area contributed by atoms with Crippen LogP contribution in [-0.4, -0.2) is 54.3 Å². The van der Waals surface area contributed by atoms with Gasteiger partial charge in [-0.1, -0.05) is 30.3 Å². The number of nitrogens with one attached hydrogen (secondary N) is 1. The van der Waals surface area contributed by atoms with Crippen LogP contribution >= 0.6 is 0 Å². The quantitative estimate of drug-likeness (QED) is 0.434. The second-order valence-corrected chi connectivity index (χ2v) is 9.86. The fraction of sp³-hybridized carbons (Fsp3) is 0.393. The standard InChI is InChI=1S/C28H28N2O7/c1-36-27(34)17-9-11-20(12-10-17)29-22(31)15-37-28(35)21(13-16-5-3-2-4-6-16)30-25(32)23-18-7-8-19(14-18)24(23)26(30)33/h2-6,9-12,18-19,21,23-24H,7-8,13-15H2,1H3,(H,29,31)/t18-,19-,21-,23-,24-/m0/s1. The van der Waals surface area contributed by atoms with E-state index in [4.69, 9.17) is 4.74 Å². The maximum Gasteiger partial charge on any atom is 0.337 e. The molecule has 1 heterocycles. The highest BCUT2D eigenvalue weighted by Crippen LogP contribution is 2.56. The summed E-state index contributed by atoms with van der Waals surface area (Å²) in [5.41, 5.74) is 1.51. The fourth-order valence-corrected chi connectivity index (χ4v) is 6.09. The summed E-state index contributed by atoms with van der Waals surface area (Å²) in [6.45, 7) is -0.586. The Bertz CT molecular complexity index is 1200. The van der Waals surface area contributed by atoms with Crippen molar-refractivity contribution in [3.05, 3.63) is 65.7 Å². The number of carbonyl (C=O) groups is 5. The second-order valence-electron chi connectivity index (χ2n) is 9.86. The molecule has 3 amide bonds. The van der Waals surface area contributed by atoms with Crippen LogP contribution in [0, 0.1) is 23.7 Å². The first-order valence-corrected chi connectivity index (χ1v) is 12.4. The molecule has 2 saturated carbocycles. The third-order valence-electron chi connectivity index (χ3n) is 7.75. The third-order valence-corrected chi connectivity index (χ3v) is 7.75. The molecule has 0 spiro atoms. The molecule has 0 radical (unpaired) electrons. The Kier molecular flexibility index (Phi) is 6.78. The highest BCUT2D eigenvalue weighted by Gasteiger charge is 2.62. The number of ether oxygens (including phenoxy) is 2. The molecule has 1 aliphatic heterocycles. The minimum atomic E-state index is -1.14. The second kappa shape index (κ2) is 10.2. The summed E-state index contributed by atoms with van der Waals surface area (Å²) in [4.78, 5) is 65.1. The summed E-state index contributed by atoms with van der Waals surface area (Å²) in [7, 11) is 1.28. The van der Waals surface area contributed by atoms with Crippen LogP contribution in [-0.2, 0) is 35.1 Å². The number of imide groups is 1. The van der Waals surface area contributed by atoms with Gasteiger partial charge in [-0.05, 0) is 60.9 Å². The van der Waals surface area contributed by atoms with Crippen molar-refractivity contribution >= 4 is 35.3 Å². The van der Waals surface area contributed by atoms with E-state index in [9.17, 15) is 24.0 Å². The van der Waals surface area contributed by atoms with Crippen LogP contribution in [0.1, 0.15) is 35.2 Å². The molecule has 0 aromatic heterocycles. The first-order chi connectivity index (χ1) is 17.9. The summed E-state index contributed by atoms with van der Waals surface area (Å²) in [6, 6.07) is 14.0. The van der Waals surface area contributed by atoms with Crippen LogP contribution in [0.3, 0.4) is 0 Å². The van der Waals surface area contributed by atoms with Gasteiger partial charge in [-0.15, -0.1) is 0 Å². The molecule has 37 heavy (non-hydrogen) atoms. The first kappa shape index (κ1) is 24.7. The molecule has 1 N–H and O–H groups in total. The molecule has 2 aromatic rings. The monoisotopic (exact) mass is 504 g/mol. The zero-order valence-electron chi connectivity index (χ0n) is 20.4. The molecule has 3 fully saturated rings. The highest BCUT2D eigenvalue weighted by atomic mass is 16.5. The lowest BCUT2D eigenvalue weighted by atomic mass is 9.81. The van der Waals surface area contributed by atoms with Gasteiger partial charge in [0.15, 0.2) is 6.61 Å². The summed E-state index contributed by atoms with van der Waals surface area (Å²) in [5.74, 6) is -2.80. The molecular weight excluding hydrogens is 476 g/mol. The van der Waals surface area contributed by atoms with Gasteiger partial charge in [-0.3, -0.25) is 19.3 Å². The average Bonchev–Trinajstić information content (AvgIpc) is 3.60. The lowest BCUT2D eigenvalue weighted by Crippen LogP contribution is -2.48. The molecule has 5 rings (SSSR count). The Morgan fingerprint density at radius 3 is 2.16 bits per heavy atom. The molecule has 5 atom stereocenters. The molecule has 0 unspecified atom stereocenters. The molecule has 9 heteroatoms. The molecule has 2 aliphatic carbocycles. The van der Waals surface area contributed by atoms with Gasteiger partial charge >= 0.3 is 11.9 Å². The van der Waals surface area contributed by atoms with E-state index < -0.39 is 30.5 Å². The van der Waals surface area contributed by atoms with Gasteiger partial charge in [0.1, 0.15) is 6.04 Å². The number of methoxy groups -OCH3 is 1. The van der Waals surface area contributed by atoms with Crippen molar-refractivity contribution in [1.82, 2.24) is 4.90 Å². The van der Waals surface area contributed by atoms with Gasteiger partial charge in [0, 0.05) is 12.1 Å². The van der Waals surface area contributed by atoms with Crippen molar-refractivity contribution in [3.8, 4) is 0 Å². The van der Waals surface area contributed by atoms with Crippen molar-refractivity contribution < 1.29 is 33.4 Å². The maximum absolute atomic E-state index is 13.4. The molecule has 3 aliphatic rings. The Hall–Kier alpha value is -4.01. The van der Waals surface area contributed by atoms with Gasteiger partial charge in [0.2, 0.25) is 11.8 Å². The highest BCUT2D eigenvalue weighted by molar-refractivity contribution is 6.08. The normalized spacial score (nSPS) is 24.5. The van der Waals surface area contributed by atoms with Crippen molar-refractivity contribution in [2.24, 2.45) is 23.7 Å². The minimum Gasteiger partial charge on any atom is -0.465 e. The number of rotatable bonds is 8. The molecular formula is C28H28N2O7. The van der Waals surface area contributed by atoms with Crippen LogP contribution in [0.25, 0.3) is 0 Å². The predicted octanol–water partition coefficient (Wildman–Crippen LogP) is 2.60. The summed E-state index contributed by atoms with van der Waals surface area (Å²) < 4.78 is 9.97. The number of benzene rings is 2. The number of nitrogens with zero attached hydrogens (tertiary/aromatic N) is 1. The van der Waals surface area contributed by atoms with Gasteiger partial charge in [0.05, 0.1) is 24.5 Å². The smallest absolute Gasteiger partial charge is 0.337 e. The van der Waals surface area contributed by atoms with Crippen molar-refractivity contribution in [1.29, 1.82) is 0 Å². The minimum absolute atomic E-state index is 0.114. The SMILES string of the molecule is COC(=O)c1ccc(NC(=O)COC(=O)[C@H](Cc2ccccc2)N2C(=O)[C@H]3[C@H]4CC[C@@H](C4)[C@@H]3C2=O)cc1. The number of hydrogen-bond donors (Lipinski definition) is 1. The topological polar surface area (TPSA) is 119 Å². The average molecular weight is 505 g/mol. The van der Waals surface area contributed by atoms with E-state index in [1.165, 1.54) is 31.4 Å². The van der Waals surface area contributed by atoms with Crippen LogP contribution in [0.15, 0.2) is 54.6 Å². The van der Waals surface area contributed by atoms with Crippen LogP contribution in [0.5, 0.6) is 0 Å². The van der Waals surface area contributed by atoms with E-state index in [0.29, 0.717) is 11.3 Å². The van der Waals surface area contributed by atoms with E-state index in [2.05, 4.69) is 10.1 Å². The Morgan fingerprint density at radius 2 is 1.57 bits per heavy atom. The van der Waals surface area contributed by atoms with Crippen LogP contribution < -0.4 is 5.32 Å². The van der Waals surface area contributed by atoms with E-state index in [1.807, 2.05) is 30.3 Å². The fourth-order valence-electron chi connectivity index (χ4n) is 6.09. The molecule has 192 valence electrons. The Balaban J connectivity index is 1.27. The zero-order valence-corrected chi connectivity index (χ0v) is 20.4. The Labute approximate surface area is 214 Å². The number of anilines is 1. The Morgan fingerprint density at radius 1 is 0.946 bits per heavy atom. The van der Waals surface area contributed by atoms with Gasteiger partial charge in [-0.2, -0.15) is 0 Å². The van der Waals surface area contributed by atoms with E-state index >= 15 is 0 Å². The zero-order chi connectivity index (χ0) is 26.1. The molecule has 9 nitrogen and oxygen atoms in total. The van der Waals surface area contributed by atoms with Crippen molar-refractivity contribution in [3.63, 3.8) is 0 Å². The number of likely N-dealkylation sites (tertiary alicyclic amines) is 1. The number of carbonyl (C=O) groups excluding carboxylic acids is 5. The molecule has 1 saturated heterocycles. The third kappa shape index (κ3) is 4.73. The largest absolute Gasteiger partial charge is 0.465 e. The summed E-state index contributed by atoms with van der Waals surface area (Å²) >= 11 is 0. The number of amides is 3. The number of esters is 2. The number of fused-ring (bicyclic) bond motifs is 5. The predicted molar refractivity (Wildman–Crippen MR) is 131 cm³/mol.